The van der Waals surface area contributed by atoms with E-state index in [1.807, 2.05) is 0 Å². The Balaban J connectivity index is 2.79. The van der Waals surface area contributed by atoms with E-state index in [4.69, 9.17) is 5.73 Å². The highest BCUT2D eigenvalue weighted by Gasteiger charge is 2.10. The Morgan fingerprint density at radius 3 is 2.85 bits per heavy atom. The van der Waals surface area contributed by atoms with Gasteiger partial charge in [0.15, 0.2) is 0 Å². The van der Waals surface area contributed by atoms with Gasteiger partial charge >= 0.3 is 12.0 Å². The molecule has 0 aromatic carbocycles. The topological polar surface area (TPSA) is 87.2 Å². The van der Waals surface area contributed by atoms with E-state index in [9.17, 15) is 9.59 Å². The summed E-state index contributed by atoms with van der Waals surface area (Å²) in [5.74, 6) is -0.519. The molecule has 0 radical (unpaired) electrons. The van der Waals surface area contributed by atoms with Gasteiger partial charge in [0.25, 0.3) is 0 Å². The number of hydrogen-bond acceptors (Lipinski definition) is 4. The molecule has 0 aliphatic heterocycles. The number of aromatic nitrogens is 2. The van der Waals surface area contributed by atoms with Crippen molar-refractivity contribution in [1.82, 2.24) is 9.78 Å². The van der Waals surface area contributed by atoms with Crippen LogP contribution in [0.5, 0.6) is 0 Å². The second kappa shape index (κ2) is 3.70. The Morgan fingerprint density at radius 1 is 1.69 bits per heavy atom. The van der Waals surface area contributed by atoms with Crippen molar-refractivity contribution in [3.63, 3.8) is 0 Å². The van der Waals surface area contributed by atoms with E-state index in [1.165, 1.54) is 12.4 Å². The summed E-state index contributed by atoms with van der Waals surface area (Å²) in [5, 5.41) is 3.56. The van der Waals surface area contributed by atoms with E-state index < -0.39 is 12.0 Å². The van der Waals surface area contributed by atoms with Crippen LogP contribution in [0.1, 0.15) is 17.3 Å². The molecular formula is C7H9N3O3. The van der Waals surface area contributed by atoms with Crippen molar-refractivity contribution in [2.45, 2.75) is 6.92 Å². The maximum atomic E-state index is 11.1. The molecule has 1 aromatic heterocycles. The van der Waals surface area contributed by atoms with Gasteiger partial charge in [-0.1, -0.05) is 0 Å². The predicted octanol–water partition coefficient (Wildman–Crippen LogP) is -0.0134. The van der Waals surface area contributed by atoms with Crippen LogP contribution < -0.4 is 5.73 Å². The Bertz CT molecular complexity index is 331. The maximum Gasteiger partial charge on any atom is 0.341 e. The van der Waals surface area contributed by atoms with E-state index in [2.05, 4.69) is 9.84 Å². The maximum absolute atomic E-state index is 11.1. The van der Waals surface area contributed by atoms with Crippen LogP contribution in [-0.4, -0.2) is 28.4 Å². The molecule has 0 unspecified atom stereocenters. The second-order valence-corrected chi connectivity index (χ2v) is 2.23. The van der Waals surface area contributed by atoms with Crippen LogP contribution in [0, 0.1) is 0 Å². The summed E-state index contributed by atoms with van der Waals surface area (Å²) in [4.78, 5) is 21.6. The fourth-order valence-electron chi connectivity index (χ4n) is 0.763. The monoisotopic (exact) mass is 183 g/mol. The highest BCUT2D eigenvalue weighted by molar-refractivity contribution is 5.89. The lowest BCUT2D eigenvalue weighted by atomic mass is 10.4. The quantitative estimate of drug-likeness (QED) is 0.653. The fraction of sp³-hybridized carbons (Fsp3) is 0.286. The van der Waals surface area contributed by atoms with Crippen molar-refractivity contribution in [3.05, 3.63) is 18.0 Å². The van der Waals surface area contributed by atoms with Gasteiger partial charge in [0.2, 0.25) is 0 Å². The minimum absolute atomic E-state index is 0.209. The molecule has 0 aliphatic carbocycles. The number of carbonyl (C=O) groups is 2. The third-order valence-electron chi connectivity index (χ3n) is 1.32. The van der Waals surface area contributed by atoms with Crippen LogP contribution in [0.4, 0.5) is 4.79 Å². The van der Waals surface area contributed by atoms with Crippen LogP contribution in [0.3, 0.4) is 0 Å². The van der Waals surface area contributed by atoms with Gasteiger partial charge in [-0.25, -0.2) is 9.59 Å². The average Bonchev–Trinajstić information content (AvgIpc) is 2.52. The Kier molecular flexibility index (Phi) is 2.63. The number of amides is 1. The first kappa shape index (κ1) is 9.24. The SMILES string of the molecule is CCOC(=O)c1cnn(C(N)=O)c1. The van der Waals surface area contributed by atoms with Crippen LogP contribution in [0.25, 0.3) is 0 Å². The van der Waals surface area contributed by atoms with Crippen molar-refractivity contribution < 1.29 is 14.3 Å². The molecular weight excluding hydrogens is 174 g/mol. The molecule has 6 heteroatoms. The van der Waals surface area contributed by atoms with Crippen molar-refractivity contribution in [3.8, 4) is 0 Å². The van der Waals surface area contributed by atoms with Gasteiger partial charge in [-0.3, -0.25) is 0 Å². The summed E-state index contributed by atoms with van der Waals surface area (Å²) in [6.07, 6.45) is 2.45. The number of nitrogens with zero attached hydrogens (tertiary/aromatic N) is 2. The smallest absolute Gasteiger partial charge is 0.341 e. The van der Waals surface area contributed by atoms with Gasteiger partial charge in [-0.15, -0.1) is 0 Å². The molecule has 0 fully saturated rings. The van der Waals surface area contributed by atoms with Crippen LogP contribution in [0.15, 0.2) is 12.4 Å². The van der Waals surface area contributed by atoms with Gasteiger partial charge in [0, 0.05) is 0 Å². The molecule has 0 atom stereocenters. The van der Waals surface area contributed by atoms with E-state index in [0.717, 1.165) is 4.68 Å². The Hall–Kier alpha value is -1.85. The fourth-order valence-corrected chi connectivity index (χ4v) is 0.763. The molecule has 0 bridgehead atoms. The lowest BCUT2D eigenvalue weighted by Gasteiger charge is -1.96. The highest BCUT2D eigenvalue weighted by Crippen LogP contribution is 1.99. The molecule has 1 aromatic rings. The predicted molar refractivity (Wildman–Crippen MR) is 43.2 cm³/mol. The van der Waals surface area contributed by atoms with E-state index in [-0.39, 0.29) is 12.2 Å². The normalized spacial score (nSPS) is 9.62. The number of ether oxygens (including phenoxy) is 1. The summed E-state index contributed by atoms with van der Waals surface area (Å²) in [7, 11) is 0. The molecule has 2 N–H and O–H groups in total. The molecule has 6 nitrogen and oxygen atoms in total. The molecule has 0 aliphatic rings. The molecule has 0 spiro atoms. The molecule has 0 saturated heterocycles. The zero-order valence-corrected chi connectivity index (χ0v) is 7.06. The highest BCUT2D eigenvalue weighted by atomic mass is 16.5. The molecule has 13 heavy (non-hydrogen) atoms. The van der Waals surface area contributed by atoms with Gasteiger partial charge in [0.05, 0.1) is 24.6 Å². The standard InChI is InChI=1S/C7H9N3O3/c1-2-13-6(11)5-3-9-10(4-5)7(8)12/h3-4H,2H2,1H3,(H2,8,12). The molecule has 1 heterocycles. The average molecular weight is 183 g/mol. The van der Waals surface area contributed by atoms with E-state index >= 15 is 0 Å². The second-order valence-electron chi connectivity index (χ2n) is 2.23. The number of carbonyl (C=O) groups excluding carboxylic acids is 2. The minimum Gasteiger partial charge on any atom is -0.462 e. The van der Waals surface area contributed by atoms with Crippen molar-refractivity contribution in [1.29, 1.82) is 0 Å². The summed E-state index contributed by atoms with van der Waals surface area (Å²) in [6, 6.07) is -0.740. The molecule has 0 saturated carbocycles. The van der Waals surface area contributed by atoms with Gasteiger partial charge in [0.1, 0.15) is 0 Å². The third-order valence-corrected chi connectivity index (χ3v) is 1.32. The Morgan fingerprint density at radius 2 is 2.38 bits per heavy atom. The van der Waals surface area contributed by atoms with E-state index in [1.54, 1.807) is 6.92 Å². The lowest BCUT2D eigenvalue weighted by molar-refractivity contribution is 0.0526. The van der Waals surface area contributed by atoms with Gasteiger partial charge in [-0.05, 0) is 6.92 Å². The summed E-state index contributed by atoms with van der Waals surface area (Å²) in [5.41, 5.74) is 5.12. The number of hydrogen-bond donors (Lipinski definition) is 1. The Labute approximate surface area is 74.3 Å². The number of nitrogens with two attached hydrogens (primary N) is 1. The first-order chi connectivity index (χ1) is 6.15. The van der Waals surface area contributed by atoms with Gasteiger partial charge in [-0.2, -0.15) is 9.78 Å². The van der Waals surface area contributed by atoms with Crippen LogP contribution in [0.2, 0.25) is 0 Å². The van der Waals surface area contributed by atoms with E-state index in [0.29, 0.717) is 0 Å². The lowest BCUT2D eigenvalue weighted by Crippen LogP contribution is -2.19. The van der Waals surface area contributed by atoms with Crippen molar-refractivity contribution >= 4 is 12.0 Å². The van der Waals surface area contributed by atoms with Crippen LogP contribution >= 0.6 is 0 Å². The third kappa shape index (κ3) is 2.05. The van der Waals surface area contributed by atoms with Crippen molar-refractivity contribution in [2.24, 2.45) is 5.73 Å². The zero-order chi connectivity index (χ0) is 9.84. The zero-order valence-electron chi connectivity index (χ0n) is 7.06. The summed E-state index contributed by atoms with van der Waals surface area (Å²) < 4.78 is 5.54. The minimum atomic E-state index is -0.740. The summed E-state index contributed by atoms with van der Waals surface area (Å²) in [6.45, 7) is 1.97. The van der Waals surface area contributed by atoms with Crippen LogP contribution in [-0.2, 0) is 4.74 Å². The molecule has 1 rings (SSSR count). The molecule has 70 valence electrons. The first-order valence-electron chi connectivity index (χ1n) is 3.66. The van der Waals surface area contributed by atoms with Gasteiger partial charge < -0.3 is 10.5 Å². The summed E-state index contributed by atoms with van der Waals surface area (Å²) >= 11 is 0. The molecule has 1 amide bonds. The number of rotatable bonds is 2. The number of esters is 1. The largest absolute Gasteiger partial charge is 0.462 e. The number of primary amides is 1. The first-order valence-corrected chi connectivity index (χ1v) is 3.66. The van der Waals surface area contributed by atoms with Crippen molar-refractivity contribution in [2.75, 3.05) is 6.61 Å².